The third kappa shape index (κ3) is 3.31. The highest BCUT2D eigenvalue weighted by atomic mass is 16.3. The van der Waals surface area contributed by atoms with Gasteiger partial charge >= 0.3 is 0 Å². The molecule has 3 aromatic rings. The number of aromatic hydroxyl groups is 1. The molecule has 6 heteroatoms. The van der Waals surface area contributed by atoms with E-state index >= 15 is 0 Å². The summed E-state index contributed by atoms with van der Waals surface area (Å²) in [5, 5.41) is 10.1. The first-order valence-corrected chi connectivity index (χ1v) is 8.76. The molecule has 132 valence electrons. The van der Waals surface area contributed by atoms with Crippen molar-refractivity contribution in [3.8, 4) is 17.3 Å². The van der Waals surface area contributed by atoms with Crippen molar-refractivity contribution in [1.82, 2.24) is 15.0 Å². The van der Waals surface area contributed by atoms with E-state index in [4.69, 9.17) is 4.98 Å². The Kier molecular flexibility index (Phi) is 4.39. The van der Waals surface area contributed by atoms with E-state index in [2.05, 4.69) is 19.8 Å². The van der Waals surface area contributed by atoms with Crippen molar-refractivity contribution in [1.29, 1.82) is 0 Å². The topological polar surface area (TPSA) is 65.4 Å². The summed E-state index contributed by atoms with van der Waals surface area (Å²) in [6.07, 6.45) is 1.76. The first kappa shape index (κ1) is 16.3. The molecular formula is C20H21N5O. The zero-order valence-corrected chi connectivity index (χ0v) is 14.7. The number of phenols is 1. The molecule has 0 atom stereocenters. The minimum atomic E-state index is 0.330. The summed E-state index contributed by atoms with van der Waals surface area (Å²) in [5.74, 6) is 1.91. The molecule has 0 spiro atoms. The molecule has 1 aliphatic heterocycles. The molecule has 6 nitrogen and oxygen atoms in total. The predicted molar refractivity (Wildman–Crippen MR) is 103 cm³/mol. The quantitative estimate of drug-likeness (QED) is 0.786. The van der Waals surface area contributed by atoms with Gasteiger partial charge in [0.2, 0.25) is 0 Å². The Morgan fingerprint density at radius 1 is 0.885 bits per heavy atom. The van der Waals surface area contributed by atoms with E-state index in [9.17, 15) is 5.11 Å². The lowest BCUT2D eigenvalue weighted by atomic mass is 10.2. The van der Waals surface area contributed by atoms with Gasteiger partial charge in [-0.1, -0.05) is 18.2 Å². The molecule has 26 heavy (non-hydrogen) atoms. The average molecular weight is 347 g/mol. The highest BCUT2D eigenvalue weighted by Gasteiger charge is 2.21. The van der Waals surface area contributed by atoms with Gasteiger partial charge in [0.05, 0.1) is 5.69 Å². The largest absolute Gasteiger partial charge is 0.506 e. The van der Waals surface area contributed by atoms with Gasteiger partial charge in [-0.05, 0) is 31.2 Å². The van der Waals surface area contributed by atoms with Crippen LogP contribution in [0.3, 0.4) is 0 Å². The summed E-state index contributed by atoms with van der Waals surface area (Å²) >= 11 is 0. The molecule has 2 aromatic heterocycles. The minimum Gasteiger partial charge on any atom is -0.506 e. The van der Waals surface area contributed by atoms with Crippen LogP contribution in [0.5, 0.6) is 5.75 Å². The van der Waals surface area contributed by atoms with Crippen LogP contribution in [-0.2, 0) is 0 Å². The van der Waals surface area contributed by atoms with Crippen LogP contribution >= 0.6 is 0 Å². The van der Waals surface area contributed by atoms with Crippen LogP contribution in [0.4, 0.5) is 11.5 Å². The Labute approximate surface area is 152 Å². The molecule has 0 bridgehead atoms. The lowest BCUT2D eigenvalue weighted by Gasteiger charge is -2.37. The minimum absolute atomic E-state index is 0.330. The Morgan fingerprint density at radius 2 is 1.62 bits per heavy atom. The smallest absolute Gasteiger partial charge is 0.180 e. The molecule has 1 aliphatic rings. The van der Waals surface area contributed by atoms with E-state index in [1.165, 1.54) is 0 Å². The van der Waals surface area contributed by atoms with E-state index in [1.807, 2.05) is 49.4 Å². The first-order valence-electron chi connectivity index (χ1n) is 8.76. The number of para-hydroxylation sites is 2. The molecule has 4 rings (SSSR count). The van der Waals surface area contributed by atoms with Crippen molar-refractivity contribution in [2.75, 3.05) is 36.0 Å². The standard InChI is InChI=1S/C20H21N5O/c1-15-14-19(23-20(22-15)16-6-4-5-9-21-16)25-12-10-24(11-13-25)17-7-2-3-8-18(17)26/h2-9,14,26H,10-13H2,1H3. The van der Waals surface area contributed by atoms with E-state index in [0.717, 1.165) is 49.1 Å². The number of hydrogen-bond acceptors (Lipinski definition) is 6. The van der Waals surface area contributed by atoms with Gasteiger partial charge in [0, 0.05) is 44.1 Å². The molecule has 1 N–H and O–H groups in total. The fourth-order valence-corrected chi connectivity index (χ4v) is 3.23. The van der Waals surface area contributed by atoms with Crippen molar-refractivity contribution in [3.63, 3.8) is 0 Å². The molecule has 1 saturated heterocycles. The fraction of sp³-hybridized carbons (Fsp3) is 0.250. The monoisotopic (exact) mass is 347 g/mol. The molecule has 0 unspecified atom stereocenters. The van der Waals surface area contributed by atoms with E-state index < -0.39 is 0 Å². The van der Waals surface area contributed by atoms with E-state index in [0.29, 0.717) is 11.6 Å². The van der Waals surface area contributed by atoms with Crippen molar-refractivity contribution in [3.05, 3.63) is 60.4 Å². The Hall–Kier alpha value is -3.15. The van der Waals surface area contributed by atoms with Gasteiger partial charge in [-0.3, -0.25) is 4.98 Å². The second-order valence-electron chi connectivity index (χ2n) is 6.37. The van der Waals surface area contributed by atoms with Crippen molar-refractivity contribution < 1.29 is 5.11 Å². The van der Waals surface area contributed by atoms with Crippen molar-refractivity contribution in [2.24, 2.45) is 0 Å². The predicted octanol–water partition coefficient (Wildman–Crippen LogP) is 2.88. The lowest BCUT2D eigenvalue weighted by Crippen LogP contribution is -2.47. The summed E-state index contributed by atoms with van der Waals surface area (Å²) in [7, 11) is 0. The Balaban J connectivity index is 1.53. The number of aryl methyl sites for hydroxylation is 1. The van der Waals surface area contributed by atoms with Gasteiger partial charge in [-0.15, -0.1) is 0 Å². The Morgan fingerprint density at radius 3 is 2.35 bits per heavy atom. The number of hydrogen-bond donors (Lipinski definition) is 1. The maximum Gasteiger partial charge on any atom is 0.180 e. The van der Waals surface area contributed by atoms with E-state index in [-0.39, 0.29) is 0 Å². The normalized spacial score (nSPS) is 14.5. The zero-order chi connectivity index (χ0) is 17.9. The molecular weight excluding hydrogens is 326 g/mol. The van der Waals surface area contributed by atoms with Gasteiger partial charge in [0.25, 0.3) is 0 Å². The number of benzene rings is 1. The summed E-state index contributed by atoms with van der Waals surface area (Å²) in [6.45, 7) is 5.33. The first-order chi connectivity index (χ1) is 12.7. The molecule has 0 saturated carbocycles. The molecule has 3 heterocycles. The van der Waals surface area contributed by atoms with Crippen LogP contribution in [0.15, 0.2) is 54.7 Å². The third-order valence-corrected chi connectivity index (χ3v) is 4.56. The molecule has 0 radical (unpaired) electrons. The summed E-state index contributed by atoms with van der Waals surface area (Å²) in [5.41, 5.74) is 2.60. The van der Waals surface area contributed by atoms with Crippen LogP contribution in [0, 0.1) is 6.92 Å². The molecule has 0 amide bonds. The maximum absolute atomic E-state index is 10.1. The molecule has 1 aromatic carbocycles. The van der Waals surface area contributed by atoms with Crippen LogP contribution < -0.4 is 9.80 Å². The number of rotatable bonds is 3. The molecule has 1 fully saturated rings. The van der Waals surface area contributed by atoms with Crippen LogP contribution in [0.1, 0.15) is 5.69 Å². The number of anilines is 2. The van der Waals surface area contributed by atoms with Crippen LogP contribution in [-0.4, -0.2) is 46.2 Å². The van der Waals surface area contributed by atoms with Gasteiger partial charge in [-0.2, -0.15) is 0 Å². The van der Waals surface area contributed by atoms with Crippen molar-refractivity contribution in [2.45, 2.75) is 6.92 Å². The van der Waals surface area contributed by atoms with Gasteiger partial charge in [0.1, 0.15) is 17.3 Å². The lowest BCUT2D eigenvalue weighted by molar-refractivity contribution is 0.472. The average Bonchev–Trinajstić information content (AvgIpc) is 2.69. The number of piperazine rings is 1. The fourth-order valence-electron chi connectivity index (χ4n) is 3.23. The summed E-state index contributed by atoms with van der Waals surface area (Å²) < 4.78 is 0. The second-order valence-corrected chi connectivity index (χ2v) is 6.37. The highest BCUT2D eigenvalue weighted by molar-refractivity contribution is 5.59. The van der Waals surface area contributed by atoms with Crippen molar-refractivity contribution >= 4 is 11.5 Å². The number of phenolic OH excluding ortho intramolecular Hbond substituents is 1. The highest BCUT2D eigenvalue weighted by Crippen LogP contribution is 2.28. The van der Waals surface area contributed by atoms with Gasteiger partial charge in [0.15, 0.2) is 5.82 Å². The zero-order valence-electron chi connectivity index (χ0n) is 14.7. The number of pyridine rings is 1. The number of nitrogens with zero attached hydrogens (tertiary/aromatic N) is 5. The number of aromatic nitrogens is 3. The second kappa shape index (κ2) is 7.00. The third-order valence-electron chi connectivity index (χ3n) is 4.56. The van der Waals surface area contributed by atoms with Gasteiger partial charge in [-0.25, -0.2) is 9.97 Å². The molecule has 0 aliphatic carbocycles. The van der Waals surface area contributed by atoms with Gasteiger partial charge < -0.3 is 14.9 Å². The maximum atomic E-state index is 10.1. The van der Waals surface area contributed by atoms with E-state index in [1.54, 1.807) is 12.3 Å². The summed E-state index contributed by atoms with van der Waals surface area (Å²) in [4.78, 5) is 18.1. The van der Waals surface area contributed by atoms with Crippen LogP contribution in [0.2, 0.25) is 0 Å². The Bertz CT molecular complexity index is 892. The SMILES string of the molecule is Cc1cc(N2CCN(c3ccccc3O)CC2)nc(-c2ccccn2)n1. The van der Waals surface area contributed by atoms with Crippen LogP contribution in [0.25, 0.3) is 11.5 Å². The summed E-state index contributed by atoms with van der Waals surface area (Å²) in [6, 6.07) is 15.3.